The average Bonchev–Trinajstić information content (AvgIpc) is 2.60. The van der Waals surface area contributed by atoms with Crippen molar-refractivity contribution in [2.75, 3.05) is 13.1 Å². The smallest absolute Gasteiger partial charge is 0.00446 e. The summed E-state index contributed by atoms with van der Waals surface area (Å²) in [5, 5.41) is 13.1. The quantitative estimate of drug-likeness (QED) is 0.139. The minimum absolute atomic E-state index is 0.554. The topological polar surface area (TPSA) is 26.3 Å². The molecule has 0 saturated heterocycles. The van der Waals surface area contributed by atoms with Crippen molar-refractivity contribution in [1.82, 2.24) is 5.06 Å². The van der Waals surface area contributed by atoms with Gasteiger partial charge in [0.25, 0.3) is 0 Å². The van der Waals surface area contributed by atoms with Crippen LogP contribution in [0, 0.1) is 5.21 Å². The molecule has 0 aliphatic rings. The van der Waals surface area contributed by atoms with Crippen molar-refractivity contribution in [1.29, 1.82) is 0 Å². The lowest BCUT2D eigenvalue weighted by Crippen LogP contribution is -2.17. The molecule has 0 atom stereocenters. The Bertz CT molecular complexity index is 355. The van der Waals surface area contributed by atoms with E-state index in [2.05, 4.69) is 39.8 Å². The van der Waals surface area contributed by atoms with Crippen molar-refractivity contribution in [3.8, 4) is 0 Å². The van der Waals surface area contributed by atoms with E-state index in [9.17, 15) is 5.21 Å². The molecule has 0 heterocycles. The van der Waals surface area contributed by atoms with E-state index in [1.54, 1.807) is 0 Å². The molecule has 0 fully saturated rings. The van der Waals surface area contributed by atoms with Crippen LogP contribution in [0.15, 0.2) is 23.3 Å². The Labute approximate surface area is 164 Å². The van der Waals surface area contributed by atoms with E-state index in [1.807, 2.05) is 0 Å². The zero-order valence-corrected chi connectivity index (χ0v) is 18.3. The number of hydroxylamine groups is 2. The van der Waals surface area contributed by atoms with Crippen LogP contribution >= 0.6 is 0 Å². The van der Waals surface area contributed by atoms with Crippen molar-refractivity contribution in [3.05, 3.63) is 28.5 Å². The lowest BCUT2D eigenvalue weighted by molar-refractivity contribution is 0.395. The largest absolute Gasteiger partial charge is 0.785 e. The Morgan fingerprint density at radius 3 is 1.73 bits per heavy atom. The van der Waals surface area contributed by atoms with Gasteiger partial charge in [0.05, 0.1) is 0 Å². The van der Waals surface area contributed by atoms with Crippen LogP contribution < -0.4 is 0 Å². The molecule has 0 aromatic rings. The van der Waals surface area contributed by atoms with Gasteiger partial charge in [-0.3, -0.25) is 0 Å². The number of rotatable bonds is 18. The summed E-state index contributed by atoms with van der Waals surface area (Å²) >= 11 is 0. The molecule has 0 saturated carbocycles. The minimum atomic E-state index is 0.554. The maximum atomic E-state index is 11.9. The van der Waals surface area contributed by atoms with Crippen LogP contribution in [0.4, 0.5) is 0 Å². The SMILES string of the molecule is CCCCCCCCCCCCCCN([O-])C/C=C(\C)CCC=C(C)C. The summed E-state index contributed by atoms with van der Waals surface area (Å²) in [7, 11) is 0. The van der Waals surface area contributed by atoms with Gasteiger partial charge in [-0.25, -0.2) is 0 Å². The van der Waals surface area contributed by atoms with Gasteiger partial charge < -0.3 is 10.3 Å². The highest BCUT2D eigenvalue weighted by Crippen LogP contribution is 2.12. The van der Waals surface area contributed by atoms with Crippen LogP contribution in [-0.2, 0) is 0 Å². The third-order valence-electron chi connectivity index (χ3n) is 5.00. The number of nitrogens with zero attached hydrogens (tertiary/aromatic N) is 1. The van der Waals surface area contributed by atoms with E-state index in [1.165, 1.54) is 86.8 Å². The summed E-state index contributed by atoms with van der Waals surface area (Å²) in [6.07, 6.45) is 22.6. The van der Waals surface area contributed by atoms with Gasteiger partial charge >= 0.3 is 0 Å². The third-order valence-corrected chi connectivity index (χ3v) is 5.00. The molecular formula is C24H46NO-. The summed E-state index contributed by atoms with van der Waals surface area (Å²) in [6.45, 7) is 9.92. The van der Waals surface area contributed by atoms with E-state index in [0.29, 0.717) is 13.1 Å². The van der Waals surface area contributed by atoms with E-state index in [4.69, 9.17) is 0 Å². The molecule has 0 aliphatic carbocycles. The van der Waals surface area contributed by atoms with E-state index in [-0.39, 0.29) is 0 Å². The predicted octanol–water partition coefficient (Wildman–Crippen LogP) is 8.18. The molecule has 154 valence electrons. The van der Waals surface area contributed by atoms with E-state index in [0.717, 1.165) is 19.3 Å². The lowest BCUT2D eigenvalue weighted by Gasteiger charge is -2.26. The van der Waals surface area contributed by atoms with Gasteiger partial charge in [-0.1, -0.05) is 101 Å². The Hall–Kier alpha value is -0.600. The van der Waals surface area contributed by atoms with Crippen LogP contribution in [0.1, 0.15) is 118 Å². The first-order valence-electron chi connectivity index (χ1n) is 11.3. The number of unbranched alkanes of at least 4 members (excludes halogenated alkanes) is 11. The molecule has 2 nitrogen and oxygen atoms in total. The lowest BCUT2D eigenvalue weighted by atomic mass is 10.1. The van der Waals surface area contributed by atoms with Gasteiger partial charge in [0.2, 0.25) is 0 Å². The van der Waals surface area contributed by atoms with Crippen LogP contribution in [0.3, 0.4) is 0 Å². The van der Waals surface area contributed by atoms with Gasteiger partial charge in [0.1, 0.15) is 0 Å². The van der Waals surface area contributed by atoms with Crippen LogP contribution in [-0.4, -0.2) is 18.2 Å². The van der Waals surface area contributed by atoms with Crippen molar-refractivity contribution in [2.24, 2.45) is 0 Å². The molecule has 2 heteroatoms. The first kappa shape index (κ1) is 25.4. The maximum Gasteiger partial charge on any atom is 0.00446 e. The Balaban J connectivity index is 3.40. The summed E-state index contributed by atoms with van der Waals surface area (Å²) < 4.78 is 0. The van der Waals surface area contributed by atoms with Crippen LogP contribution in [0.2, 0.25) is 0 Å². The van der Waals surface area contributed by atoms with Crippen LogP contribution in [0.25, 0.3) is 0 Å². The standard InChI is InChI=1S/C24H46NO/c1-5-6-7-8-9-10-11-12-13-14-15-16-21-25(26)22-20-24(4)19-17-18-23(2)3/h18,20H,5-17,19,21-22H2,1-4H3/q-1/b24-20+. The zero-order chi connectivity index (χ0) is 19.5. The minimum Gasteiger partial charge on any atom is -0.785 e. The van der Waals surface area contributed by atoms with Gasteiger partial charge in [-0.2, -0.15) is 0 Å². The molecule has 0 amide bonds. The maximum absolute atomic E-state index is 11.9. The average molecular weight is 365 g/mol. The molecule has 0 N–H and O–H groups in total. The molecule has 26 heavy (non-hydrogen) atoms. The normalized spacial score (nSPS) is 12.0. The first-order valence-corrected chi connectivity index (χ1v) is 11.3. The summed E-state index contributed by atoms with van der Waals surface area (Å²) in [5.74, 6) is 0. The Morgan fingerprint density at radius 2 is 1.23 bits per heavy atom. The van der Waals surface area contributed by atoms with E-state index < -0.39 is 0 Å². The van der Waals surface area contributed by atoms with E-state index >= 15 is 0 Å². The van der Waals surface area contributed by atoms with Crippen molar-refractivity contribution >= 4 is 0 Å². The van der Waals surface area contributed by atoms with Crippen molar-refractivity contribution < 1.29 is 0 Å². The second-order valence-electron chi connectivity index (χ2n) is 8.15. The molecule has 0 unspecified atom stereocenters. The second kappa shape index (κ2) is 19.2. The van der Waals surface area contributed by atoms with Crippen molar-refractivity contribution in [3.63, 3.8) is 0 Å². The highest BCUT2D eigenvalue weighted by molar-refractivity contribution is 5.03. The fourth-order valence-electron chi connectivity index (χ4n) is 3.17. The highest BCUT2D eigenvalue weighted by atomic mass is 16.5. The Morgan fingerprint density at radius 1 is 0.731 bits per heavy atom. The third kappa shape index (κ3) is 19.7. The second-order valence-corrected chi connectivity index (χ2v) is 8.15. The van der Waals surface area contributed by atoms with Gasteiger partial charge in [-0.05, 0) is 46.6 Å². The number of allylic oxidation sites excluding steroid dienone is 3. The molecule has 0 rings (SSSR count). The molecule has 0 aromatic heterocycles. The molecule has 0 bridgehead atoms. The molecule has 0 spiro atoms. The predicted molar refractivity (Wildman–Crippen MR) is 118 cm³/mol. The van der Waals surface area contributed by atoms with Gasteiger partial charge in [-0.15, -0.1) is 0 Å². The van der Waals surface area contributed by atoms with Crippen LogP contribution in [0.5, 0.6) is 0 Å². The van der Waals surface area contributed by atoms with Crippen molar-refractivity contribution in [2.45, 2.75) is 118 Å². The number of hydrogen-bond acceptors (Lipinski definition) is 2. The summed E-state index contributed by atoms with van der Waals surface area (Å²) in [6, 6.07) is 0. The molecule has 0 aromatic carbocycles. The molecular weight excluding hydrogens is 318 g/mol. The monoisotopic (exact) mass is 364 g/mol. The zero-order valence-electron chi connectivity index (χ0n) is 18.3. The first-order chi connectivity index (χ1) is 12.6. The van der Waals surface area contributed by atoms with Gasteiger partial charge in [0, 0.05) is 6.54 Å². The molecule has 0 aliphatic heterocycles. The molecule has 0 radical (unpaired) electrons. The number of hydrogen-bond donors (Lipinski definition) is 0. The van der Waals surface area contributed by atoms with Gasteiger partial charge in [0.15, 0.2) is 0 Å². The fraction of sp³-hybridized carbons (Fsp3) is 0.833. The summed E-state index contributed by atoms with van der Waals surface area (Å²) in [4.78, 5) is 0. The fourth-order valence-corrected chi connectivity index (χ4v) is 3.17. The summed E-state index contributed by atoms with van der Waals surface area (Å²) in [5.41, 5.74) is 2.70. The Kier molecular flexibility index (Phi) is 18.7. The highest BCUT2D eigenvalue weighted by Gasteiger charge is 1.95.